The minimum atomic E-state index is -0.615. The molecule has 0 amide bonds. The molecule has 0 bridgehead atoms. The zero-order chi connectivity index (χ0) is 16.1. The van der Waals surface area contributed by atoms with E-state index in [9.17, 15) is 14.5 Å². The summed E-state index contributed by atoms with van der Waals surface area (Å²) in [5.74, 6) is -0.615. The zero-order valence-corrected chi connectivity index (χ0v) is 12.6. The van der Waals surface area contributed by atoms with Crippen LogP contribution in [0.1, 0.15) is 12.5 Å². The number of benzene rings is 2. The second-order valence-corrected chi connectivity index (χ2v) is 4.96. The molecule has 0 spiro atoms. The van der Waals surface area contributed by atoms with Gasteiger partial charge in [0.25, 0.3) is 5.69 Å². The van der Waals surface area contributed by atoms with Crippen molar-refractivity contribution in [2.24, 2.45) is 0 Å². The van der Waals surface area contributed by atoms with Crippen LogP contribution in [0.25, 0.3) is 0 Å². The van der Waals surface area contributed by atoms with Crippen molar-refractivity contribution in [3.8, 4) is 0 Å². The van der Waals surface area contributed by atoms with Gasteiger partial charge in [-0.2, -0.15) is 0 Å². The number of rotatable bonds is 4. The molecule has 114 valence electrons. The van der Waals surface area contributed by atoms with E-state index in [0.29, 0.717) is 0 Å². The summed E-state index contributed by atoms with van der Waals surface area (Å²) in [5.41, 5.74) is 1.69. The Bertz CT molecular complexity index is 704. The van der Waals surface area contributed by atoms with Gasteiger partial charge in [-0.1, -0.05) is 19.1 Å². The number of nitrogens with zero attached hydrogens (tertiary/aromatic N) is 1. The van der Waals surface area contributed by atoms with Crippen LogP contribution in [-0.2, 0) is 6.42 Å². The van der Waals surface area contributed by atoms with Crippen molar-refractivity contribution in [3.63, 3.8) is 0 Å². The van der Waals surface area contributed by atoms with Crippen LogP contribution < -0.4 is 10.6 Å². The second-order valence-electron chi connectivity index (χ2n) is 4.55. The predicted octanol–water partition coefficient (Wildman–Crippen LogP) is 4.11. The molecule has 0 heterocycles. The van der Waals surface area contributed by atoms with Gasteiger partial charge in [-0.25, -0.2) is 4.39 Å². The molecule has 0 atom stereocenters. The second kappa shape index (κ2) is 6.95. The normalized spacial score (nSPS) is 10.1. The number of non-ortho nitro benzene ring substituents is 1. The third kappa shape index (κ3) is 3.98. The molecule has 2 aromatic rings. The number of thiocarbonyl (C=S) groups is 1. The summed E-state index contributed by atoms with van der Waals surface area (Å²) in [4.78, 5) is 10.1. The maximum absolute atomic E-state index is 13.7. The van der Waals surface area contributed by atoms with Crippen LogP contribution in [0.5, 0.6) is 0 Å². The Labute approximate surface area is 132 Å². The fourth-order valence-corrected chi connectivity index (χ4v) is 2.06. The Balaban J connectivity index is 2.08. The quantitative estimate of drug-likeness (QED) is 0.504. The fraction of sp³-hybridized carbons (Fsp3) is 0.133. The molecule has 7 heteroatoms. The molecule has 0 saturated heterocycles. The first-order chi connectivity index (χ1) is 10.5. The van der Waals surface area contributed by atoms with E-state index in [1.54, 1.807) is 0 Å². The van der Waals surface area contributed by atoms with Gasteiger partial charge >= 0.3 is 0 Å². The van der Waals surface area contributed by atoms with Crippen LogP contribution in [0.3, 0.4) is 0 Å². The van der Waals surface area contributed by atoms with Gasteiger partial charge in [-0.3, -0.25) is 10.1 Å². The molecule has 0 fully saturated rings. The summed E-state index contributed by atoms with van der Waals surface area (Å²) in [6.07, 6.45) is 0.932. The highest BCUT2D eigenvalue weighted by atomic mass is 32.1. The number of halogens is 1. The van der Waals surface area contributed by atoms with E-state index >= 15 is 0 Å². The molecule has 0 unspecified atom stereocenters. The summed E-state index contributed by atoms with van der Waals surface area (Å²) in [6.45, 7) is 2.06. The van der Waals surface area contributed by atoms with Crippen molar-refractivity contribution in [2.45, 2.75) is 13.3 Å². The molecule has 2 rings (SSSR count). The van der Waals surface area contributed by atoms with Crippen molar-refractivity contribution in [1.82, 2.24) is 0 Å². The molecule has 0 aromatic heterocycles. The topological polar surface area (TPSA) is 67.2 Å². The zero-order valence-electron chi connectivity index (χ0n) is 11.8. The van der Waals surface area contributed by atoms with Crippen LogP contribution in [0.15, 0.2) is 42.5 Å². The average Bonchev–Trinajstić information content (AvgIpc) is 2.50. The standard InChI is InChI=1S/C15H14FN3O2S/c1-2-10-3-5-11(6-4-10)17-15(22)18-14-9-12(19(20)21)7-8-13(14)16/h3-9H,2H2,1H3,(H2,17,18,22). The van der Waals surface area contributed by atoms with Crippen LogP contribution in [0.2, 0.25) is 0 Å². The number of aryl methyl sites for hydroxylation is 1. The molecule has 0 radical (unpaired) electrons. The summed E-state index contributed by atoms with van der Waals surface area (Å²) < 4.78 is 13.7. The SMILES string of the molecule is CCc1ccc(NC(=S)Nc2cc([N+](=O)[O-])ccc2F)cc1. The third-order valence-corrected chi connectivity index (χ3v) is 3.23. The highest BCUT2D eigenvalue weighted by molar-refractivity contribution is 7.80. The molecule has 0 aliphatic rings. The maximum Gasteiger partial charge on any atom is 0.271 e. The van der Waals surface area contributed by atoms with E-state index in [0.717, 1.165) is 30.3 Å². The average molecular weight is 319 g/mol. The summed E-state index contributed by atoms with van der Waals surface area (Å²) in [5, 5.41) is 16.4. The summed E-state index contributed by atoms with van der Waals surface area (Å²) in [6, 6.07) is 10.9. The Morgan fingerprint density at radius 3 is 2.50 bits per heavy atom. The van der Waals surface area contributed by atoms with Gasteiger partial charge in [0.05, 0.1) is 10.6 Å². The number of nitrogens with one attached hydrogen (secondary N) is 2. The lowest BCUT2D eigenvalue weighted by Crippen LogP contribution is -2.19. The fourth-order valence-electron chi connectivity index (χ4n) is 1.83. The molecular formula is C15H14FN3O2S. The lowest BCUT2D eigenvalue weighted by Gasteiger charge is -2.11. The number of hydrogen-bond acceptors (Lipinski definition) is 3. The van der Waals surface area contributed by atoms with Gasteiger partial charge in [-0.15, -0.1) is 0 Å². The van der Waals surface area contributed by atoms with Gasteiger partial charge in [0.1, 0.15) is 5.82 Å². The van der Waals surface area contributed by atoms with Crippen LogP contribution in [-0.4, -0.2) is 10.0 Å². The van der Waals surface area contributed by atoms with Crippen molar-refractivity contribution in [3.05, 3.63) is 64.0 Å². The van der Waals surface area contributed by atoms with Crippen molar-refractivity contribution in [2.75, 3.05) is 10.6 Å². The van der Waals surface area contributed by atoms with Gasteiger partial charge in [-0.05, 0) is 42.4 Å². The molecule has 2 aromatic carbocycles. The smallest absolute Gasteiger partial charge is 0.271 e. The number of nitro groups is 1. The first-order valence-electron chi connectivity index (χ1n) is 6.60. The number of anilines is 2. The highest BCUT2D eigenvalue weighted by Crippen LogP contribution is 2.21. The molecule has 22 heavy (non-hydrogen) atoms. The molecule has 0 aliphatic heterocycles. The number of nitro benzene ring substituents is 1. The van der Waals surface area contributed by atoms with Crippen LogP contribution >= 0.6 is 12.2 Å². The van der Waals surface area contributed by atoms with Crippen LogP contribution in [0.4, 0.5) is 21.5 Å². The molecule has 0 saturated carbocycles. The van der Waals surface area contributed by atoms with E-state index in [-0.39, 0.29) is 16.5 Å². The molecule has 5 nitrogen and oxygen atoms in total. The Morgan fingerprint density at radius 2 is 1.91 bits per heavy atom. The lowest BCUT2D eigenvalue weighted by atomic mass is 10.1. The molecule has 0 aliphatic carbocycles. The van der Waals surface area contributed by atoms with E-state index < -0.39 is 10.7 Å². The van der Waals surface area contributed by atoms with Crippen molar-refractivity contribution >= 4 is 34.4 Å². The first-order valence-corrected chi connectivity index (χ1v) is 7.01. The van der Waals surface area contributed by atoms with Crippen molar-refractivity contribution in [1.29, 1.82) is 0 Å². The van der Waals surface area contributed by atoms with Crippen LogP contribution in [0, 0.1) is 15.9 Å². The van der Waals surface area contributed by atoms with Crippen molar-refractivity contribution < 1.29 is 9.31 Å². The number of hydrogen-bond donors (Lipinski definition) is 2. The highest BCUT2D eigenvalue weighted by Gasteiger charge is 2.11. The largest absolute Gasteiger partial charge is 0.332 e. The molecule has 2 N–H and O–H groups in total. The lowest BCUT2D eigenvalue weighted by molar-refractivity contribution is -0.384. The van der Waals surface area contributed by atoms with E-state index in [1.807, 2.05) is 24.3 Å². The monoisotopic (exact) mass is 319 g/mol. The van der Waals surface area contributed by atoms with Gasteiger partial charge in [0.15, 0.2) is 5.11 Å². The van der Waals surface area contributed by atoms with Gasteiger partial charge < -0.3 is 10.6 Å². The maximum atomic E-state index is 13.7. The predicted molar refractivity (Wildman–Crippen MR) is 88.7 cm³/mol. The van der Waals surface area contributed by atoms with Gasteiger partial charge in [0.2, 0.25) is 0 Å². The van der Waals surface area contributed by atoms with Gasteiger partial charge in [0, 0.05) is 17.8 Å². The summed E-state index contributed by atoms with van der Waals surface area (Å²) >= 11 is 5.09. The van der Waals surface area contributed by atoms with E-state index in [4.69, 9.17) is 12.2 Å². The Hall–Kier alpha value is -2.54. The first kappa shape index (κ1) is 15.8. The Morgan fingerprint density at radius 1 is 1.23 bits per heavy atom. The van der Waals surface area contributed by atoms with E-state index in [2.05, 4.69) is 17.6 Å². The van der Waals surface area contributed by atoms with E-state index in [1.165, 1.54) is 5.56 Å². The minimum absolute atomic E-state index is 0.0446. The minimum Gasteiger partial charge on any atom is -0.332 e. The molecular weight excluding hydrogens is 305 g/mol. The Kier molecular flexibility index (Phi) is 5.00. The third-order valence-electron chi connectivity index (χ3n) is 3.03. The summed E-state index contributed by atoms with van der Waals surface area (Å²) in [7, 11) is 0.